The highest BCUT2D eigenvalue weighted by Crippen LogP contribution is 2.22. The van der Waals surface area contributed by atoms with Crippen LogP contribution in [-0.2, 0) is 16.0 Å². The van der Waals surface area contributed by atoms with E-state index in [1.165, 1.54) is 0 Å². The van der Waals surface area contributed by atoms with Crippen LogP contribution >= 0.6 is 11.6 Å². The maximum Gasteiger partial charge on any atom is 0.305 e. The van der Waals surface area contributed by atoms with Crippen molar-refractivity contribution in [3.63, 3.8) is 0 Å². The summed E-state index contributed by atoms with van der Waals surface area (Å²) >= 11 is 6.08. The van der Waals surface area contributed by atoms with Gasteiger partial charge in [-0.15, -0.1) is 0 Å². The molecule has 0 aliphatic carbocycles. The summed E-state index contributed by atoms with van der Waals surface area (Å²) in [4.78, 5) is 24.8. The van der Waals surface area contributed by atoms with Gasteiger partial charge in [-0.3, -0.25) is 9.59 Å². The molecular formula is C16H20ClNO3. The third-order valence-corrected chi connectivity index (χ3v) is 4.38. The molecule has 1 fully saturated rings. The Balaban J connectivity index is 1.91. The first-order valence-corrected chi connectivity index (χ1v) is 7.61. The average Bonchev–Trinajstić information content (AvgIpc) is 2.87. The monoisotopic (exact) mass is 309 g/mol. The number of likely N-dealkylation sites (tertiary alicyclic amines) is 1. The molecule has 4 nitrogen and oxygen atoms in total. The minimum absolute atomic E-state index is 0.0375. The van der Waals surface area contributed by atoms with Crippen molar-refractivity contribution in [3.05, 3.63) is 34.3 Å². The number of carbonyl (C=O) groups excluding carboxylic acids is 1. The summed E-state index contributed by atoms with van der Waals surface area (Å²) in [6.07, 6.45) is 2.75. The third-order valence-electron chi connectivity index (χ3n) is 3.97. The molecule has 5 heteroatoms. The van der Waals surface area contributed by atoms with Gasteiger partial charge in [0, 0.05) is 24.0 Å². The zero-order chi connectivity index (χ0) is 15.4. The third kappa shape index (κ3) is 4.21. The maximum absolute atomic E-state index is 12.3. The summed E-state index contributed by atoms with van der Waals surface area (Å²) in [6, 6.07) is 5.68. The van der Waals surface area contributed by atoms with Crippen molar-refractivity contribution in [1.82, 2.24) is 4.90 Å². The van der Waals surface area contributed by atoms with Crippen LogP contribution < -0.4 is 0 Å². The van der Waals surface area contributed by atoms with Crippen molar-refractivity contribution < 1.29 is 14.7 Å². The van der Waals surface area contributed by atoms with Gasteiger partial charge in [-0.1, -0.05) is 23.7 Å². The fourth-order valence-corrected chi connectivity index (χ4v) is 2.97. The van der Waals surface area contributed by atoms with Crippen LogP contribution in [-0.4, -0.2) is 34.5 Å². The van der Waals surface area contributed by atoms with Crippen molar-refractivity contribution in [3.8, 4) is 0 Å². The van der Waals surface area contributed by atoms with Gasteiger partial charge in [-0.25, -0.2) is 0 Å². The van der Waals surface area contributed by atoms with Gasteiger partial charge in [0.2, 0.25) is 5.91 Å². The van der Waals surface area contributed by atoms with E-state index in [1.54, 1.807) is 4.90 Å². The van der Waals surface area contributed by atoms with Gasteiger partial charge in [0.1, 0.15) is 0 Å². The molecule has 114 valence electrons. The molecule has 1 saturated heterocycles. The SMILES string of the molecule is Cc1ccc(CCC(=O)N2CCCC2CC(=O)O)cc1Cl. The van der Waals surface area contributed by atoms with E-state index in [0.29, 0.717) is 24.4 Å². The molecule has 0 spiro atoms. The fourth-order valence-electron chi connectivity index (χ4n) is 2.76. The number of hydrogen-bond acceptors (Lipinski definition) is 2. The molecule has 21 heavy (non-hydrogen) atoms. The Hall–Kier alpha value is -1.55. The van der Waals surface area contributed by atoms with E-state index in [1.807, 2.05) is 25.1 Å². The smallest absolute Gasteiger partial charge is 0.305 e. The number of benzene rings is 1. The molecule has 2 rings (SSSR count). The number of amides is 1. The molecule has 0 bridgehead atoms. The molecular weight excluding hydrogens is 290 g/mol. The van der Waals surface area contributed by atoms with Crippen LogP contribution in [0, 0.1) is 6.92 Å². The number of carboxylic acid groups (broad SMARTS) is 1. The Labute approximate surface area is 129 Å². The Morgan fingerprint density at radius 1 is 1.43 bits per heavy atom. The minimum Gasteiger partial charge on any atom is -0.481 e. The molecule has 1 unspecified atom stereocenters. The van der Waals surface area contributed by atoms with Gasteiger partial charge in [0.05, 0.1) is 6.42 Å². The number of aliphatic carboxylic acids is 1. The lowest BCUT2D eigenvalue weighted by atomic mass is 10.1. The van der Waals surface area contributed by atoms with Crippen LogP contribution in [0.1, 0.15) is 36.8 Å². The van der Waals surface area contributed by atoms with Crippen molar-refractivity contribution in [2.45, 2.75) is 45.1 Å². The molecule has 1 atom stereocenters. The Morgan fingerprint density at radius 2 is 2.19 bits per heavy atom. The first kappa shape index (κ1) is 15.8. The van der Waals surface area contributed by atoms with Gasteiger partial charge < -0.3 is 10.0 Å². The largest absolute Gasteiger partial charge is 0.481 e. The van der Waals surface area contributed by atoms with Gasteiger partial charge in [-0.05, 0) is 43.4 Å². The first-order valence-electron chi connectivity index (χ1n) is 7.23. The summed E-state index contributed by atoms with van der Waals surface area (Å²) in [5, 5.41) is 9.60. The number of carbonyl (C=O) groups is 2. The second-order valence-electron chi connectivity index (χ2n) is 5.56. The Morgan fingerprint density at radius 3 is 2.86 bits per heavy atom. The van der Waals surface area contributed by atoms with Crippen molar-refractivity contribution in [2.75, 3.05) is 6.54 Å². The molecule has 1 aromatic rings. The van der Waals surface area contributed by atoms with Crippen molar-refractivity contribution in [2.24, 2.45) is 0 Å². The first-order chi connectivity index (χ1) is 9.97. The van der Waals surface area contributed by atoms with Gasteiger partial charge >= 0.3 is 5.97 Å². The van der Waals surface area contributed by atoms with E-state index in [4.69, 9.17) is 16.7 Å². The Kier molecular flexibility index (Phi) is 5.23. The number of hydrogen-bond donors (Lipinski definition) is 1. The standard InChI is InChI=1S/C16H20ClNO3/c1-11-4-5-12(9-14(11)17)6-7-15(19)18-8-2-3-13(18)10-16(20)21/h4-5,9,13H,2-3,6-8,10H2,1H3,(H,20,21). The normalized spacial score (nSPS) is 18.0. The summed E-state index contributed by atoms with van der Waals surface area (Å²) in [5.74, 6) is -0.805. The number of rotatable bonds is 5. The fraction of sp³-hybridized carbons (Fsp3) is 0.500. The van der Waals surface area contributed by atoms with E-state index in [0.717, 1.165) is 24.0 Å². The van der Waals surface area contributed by atoms with Crippen LogP contribution in [0.3, 0.4) is 0 Å². The lowest BCUT2D eigenvalue weighted by Gasteiger charge is -2.23. The van der Waals surface area contributed by atoms with Crippen molar-refractivity contribution >= 4 is 23.5 Å². The maximum atomic E-state index is 12.3. The zero-order valence-corrected chi connectivity index (χ0v) is 12.9. The zero-order valence-electron chi connectivity index (χ0n) is 12.1. The summed E-state index contributed by atoms with van der Waals surface area (Å²) in [5.41, 5.74) is 2.06. The number of halogens is 1. The van der Waals surface area contributed by atoms with Gasteiger partial charge in [-0.2, -0.15) is 0 Å². The summed E-state index contributed by atoms with van der Waals surface area (Å²) in [7, 11) is 0. The molecule has 1 heterocycles. The lowest BCUT2D eigenvalue weighted by Crippen LogP contribution is -2.36. The van der Waals surface area contributed by atoms with Gasteiger partial charge in [0.15, 0.2) is 0 Å². The van der Waals surface area contributed by atoms with Crippen LogP contribution in [0.25, 0.3) is 0 Å². The highest BCUT2D eigenvalue weighted by Gasteiger charge is 2.29. The molecule has 1 aliphatic heterocycles. The highest BCUT2D eigenvalue weighted by atomic mass is 35.5. The van der Waals surface area contributed by atoms with Crippen LogP contribution in [0.2, 0.25) is 5.02 Å². The van der Waals surface area contributed by atoms with E-state index in [9.17, 15) is 9.59 Å². The highest BCUT2D eigenvalue weighted by molar-refractivity contribution is 6.31. The van der Waals surface area contributed by atoms with Crippen molar-refractivity contribution in [1.29, 1.82) is 0 Å². The second-order valence-corrected chi connectivity index (χ2v) is 5.97. The number of aryl methyl sites for hydroxylation is 2. The minimum atomic E-state index is -0.843. The predicted molar refractivity (Wildman–Crippen MR) is 81.5 cm³/mol. The number of nitrogens with zero attached hydrogens (tertiary/aromatic N) is 1. The second kappa shape index (κ2) is 6.94. The lowest BCUT2D eigenvalue weighted by molar-refractivity contribution is -0.139. The van der Waals surface area contributed by atoms with Crippen LogP contribution in [0.4, 0.5) is 0 Å². The summed E-state index contributed by atoms with van der Waals surface area (Å²) < 4.78 is 0. The van der Waals surface area contributed by atoms with E-state index in [2.05, 4.69) is 0 Å². The quantitative estimate of drug-likeness (QED) is 0.909. The average molecular weight is 310 g/mol. The molecule has 1 amide bonds. The summed E-state index contributed by atoms with van der Waals surface area (Å²) in [6.45, 7) is 2.61. The van der Waals surface area contributed by atoms with E-state index >= 15 is 0 Å². The van der Waals surface area contributed by atoms with Gasteiger partial charge in [0.25, 0.3) is 0 Å². The molecule has 0 saturated carbocycles. The molecule has 1 aliphatic rings. The molecule has 1 aromatic carbocycles. The number of carboxylic acids is 1. The molecule has 1 N–H and O–H groups in total. The Bertz CT molecular complexity index is 544. The predicted octanol–water partition coefficient (Wildman–Crippen LogP) is 3.05. The van der Waals surface area contributed by atoms with Crippen LogP contribution in [0.5, 0.6) is 0 Å². The molecule has 0 aromatic heterocycles. The van der Waals surface area contributed by atoms with E-state index in [-0.39, 0.29) is 18.4 Å². The van der Waals surface area contributed by atoms with Crippen LogP contribution in [0.15, 0.2) is 18.2 Å². The molecule has 0 radical (unpaired) electrons. The van der Waals surface area contributed by atoms with E-state index < -0.39 is 5.97 Å². The topological polar surface area (TPSA) is 57.6 Å².